The lowest BCUT2D eigenvalue weighted by atomic mass is 10.1. The Labute approximate surface area is 203 Å². The minimum atomic E-state index is -2.21. The molecule has 0 aliphatic carbocycles. The van der Waals surface area contributed by atoms with E-state index in [1.54, 1.807) is 12.2 Å². The smallest absolute Gasteiger partial charge is 0.305 e. The van der Waals surface area contributed by atoms with Crippen molar-refractivity contribution in [2.45, 2.75) is 84.2 Å². The molecular formula is C26H34F5NO3. The van der Waals surface area contributed by atoms with Crippen molar-refractivity contribution < 1.29 is 36.3 Å². The van der Waals surface area contributed by atoms with E-state index in [9.17, 15) is 26.7 Å². The summed E-state index contributed by atoms with van der Waals surface area (Å²) >= 11 is 0. The SMILES string of the molecule is CCCCC/C=C/C=C/C(CCCCCCCC(=O)OC)=N\OCc1c(F)c(F)c(F)c(F)c1F. The summed E-state index contributed by atoms with van der Waals surface area (Å²) in [6.07, 6.45) is 16.6. The molecule has 0 radical (unpaired) electrons. The number of hydrogen-bond donors (Lipinski definition) is 0. The van der Waals surface area contributed by atoms with Gasteiger partial charge in [-0.25, -0.2) is 22.0 Å². The second-order valence-electron chi connectivity index (χ2n) is 8.03. The van der Waals surface area contributed by atoms with Crippen LogP contribution in [0.1, 0.15) is 83.1 Å². The van der Waals surface area contributed by atoms with E-state index in [0.29, 0.717) is 18.6 Å². The molecule has 0 unspecified atom stereocenters. The van der Waals surface area contributed by atoms with Gasteiger partial charge in [-0.05, 0) is 38.2 Å². The molecule has 0 fully saturated rings. The normalized spacial score (nSPS) is 12.1. The number of hydrogen-bond acceptors (Lipinski definition) is 4. The molecule has 0 spiro atoms. The van der Waals surface area contributed by atoms with Gasteiger partial charge in [0.2, 0.25) is 5.82 Å². The third-order valence-electron chi connectivity index (χ3n) is 5.24. The van der Waals surface area contributed by atoms with Crippen LogP contribution in [0.3, 0.4) is 0 Å². The first-order valence-electron chi connectivity index (χ1n) is 11.9. The molecule has 0 atom stereocenters. The van der Waals surface area contributed by atoms with Crippen LogP contribution >= 0.6 is 0 Å². The van der Waals surface area contributed by atoms with Gasteiger partial charge in [0.1, 0.15) is 6.61 Å². The number of nitrogens with zero attached hydrogens (tertiary/aromatic N) is 1. The Morgan fingerprint density at radius 3 is 2.03 bits per heavy atom. The third kappa shape index (κ3) is 11.5. The molecule has 0 saturated carbocycles. The van der Waals surface area contributed by atoms with E-state index in [1.807, 2.05) is 12.2 Å². The topological polar surface area (TPSA) is 47.9 Å². The molecule has 196 valence electrons. The molecule has 1 aromatic carbocycles. The van der Waals surface area contributed by atoms with E-state index in [4.69, 9.17) is 4.84 Å². The Bertz CT molecular complexity index is 855. The number of halogens is 5. The van der Waals surface area contributed by atoms with Crippen LogP contribution in [-0.4, -0.2) is 18.8 Å². The van der Waals surface area contributed by atoms with Gasteiger partial charge < -0.3 is 9.57 Å². The van der Waals surface area contributed by atoms with Gasteiger partial charge in [-0.2, -0.15) is 0 Å². The lowest BCUT2D eigenvalue weighted by molar-refractivity contribution is -0.140. The second-order valence-corrected chi connectivity index (χ2v) is 8.03. The molecule has 4 nitrogen and oxygen atoms in total. The number of allylic oxidation sites excluding steroid dienone is 4. The van der Waals surface area contributed by atoms with E-state index in [-0.39, 0.29) is 5.97 Å². The fraction of sp³-hybridized carbons (Fsp3) is 0.538. The first-order chi connectivity index (χ1) is 16.8. The molecule has 0 aliphatic rings. The summed E-state index contributed by atoms with van der Waals surface area (Å²) in [7, 11) is 1.35. The van der Waals surface area contributed by atoms with Crippen molar-refractivity contribution in [3.8, 4) is 0 Å². The molecule has 0 aliphatic heterocycles. The fourth-order valence-electron chi connectivity index (χ4n) is 3.18. The van der Waals surface area contributed by atoms with Gasteiger partial charge in [0.05, 0.1) is 18.4 Å². The number of benzene rings is 1. The molecule has 0 bridgehead atoms. The van der Waals surface area contributed by atoms with Crippen LogP contribution in [-0.2, 0) is 21.0 Å². The highest BCUT2D eigenvalue weighted by atomic mass is 19.2. The summed E-state index contributed by atoms with van der Waals surface area (Å²) in [6, 6.07) is 0. The van der Waals surface area contributed by atoms with E-state index < -0.39 is 41.3 Å². The summed E-state index contributed by atoms with van der Waals surface area (Å²) in [5.41, 5.74) is -0.600. The van der Waals surface area contributed by atoms with Gasteiger partial charge in [-0.15, -0.1) is 0 Å². The Hall–Kier alpha value is -2.71. The van der Waals surface area contributed by atoms with Crippen LogP contribution in [0.25, 0.3) is 0 Å². The monoisotopic (exact) mass is 503 g/mol. The summed E-state index contributed by atoms with van der Waals surface area (Å²) in [4.78, 5) is 16.1. The Morgan fingerprint density at radius 2 is 1.40 bits per heavy atom. The maximum absolute atomic E-state index is 13.8. The lowest BCUT2D eigenvalue weighted by Crippen LogP contribution is -2.08. The Kier molecular flexibility index (Phi) is 15.3. The summed E-state index contributed by atoms with van der Waals surface area (Å²) in [5, 5.41) is 3.86. The largest absolute Gasteiger partial charge is 0.469 e. The van der Waals surface area contributed by atoms with Crippen molar-refractivity contribution >= 4 is 11.7 Å². The van der Waals surface area contributed by atoms with Crippen LogP contribution in [0, 0.1) is 29.1 Å². The predicted molar refractivity (Wildman–Crippen MR) is 125 cm³/mol. The summed E-state index contributed by atoms with van der Waals surface area (Å²) < 4.78 is 72.2. The summed E-state index contributed by atoms with van der Waals surface area (Å²) in [5.74, 6) is -10.4. The third-order valence-corrected chi connectivity index (χ3v) is 5.24. The van der Waals surface area contributed by atoms with Crippen LogP contribution in [0.4, 0.5) is 22.0 Å². The Balaban J connectivity index is 2.70. The van der Waals surface area contributed by atoms with Crippen molar-refractivity contribution in [2.75, 3.05) is 7.11 Å². The number of carbonyl (C=O) groups excluding carboxylic acids is 1. The average molecular weight is 504 g/mol. The average Bonchev–Trinajstić information content (AvgIpc) is 2.86. The molecule has 0 heterocycles. The zero-order chi connectivity index (χ0) is 26.1. The molecule has 35 heavy (non-hydrogen) atoms. The maximum atomic E-state index is 13.8. The molecular weight excluding hydrogens is 469 g/mol. The van der Waals surface area contributed by atoms with Gasteiger partial charge in [0.25, 0.3) is 0 Å². The number of esters is 1. The van der Waals surface area contributed by atoms with E-state index in [2.05, 4.69) is 16.8 Å². The number of methoxy groups -OCH3 is 1. The molecule has 0 aromatic heterocycles. The van der Waals surface area contributed by atoms with E-state index in [0.717, 1.165) is 57.8 Å². The van der Waals surface area contributed by atoms with Crippen LogP contribution in [0.5, 0.6) is 0 Å². The van der Waals surface area contributed by atoms with Crippen molar-refractivity contribution in [2.24, 2.45) is 5.16 Å². The standard InChI is InChI=1S/C26H34F5NO3/c1-3-4-5-6-7-9-12-15-19(16-13-10-8-11-14-17-21(33)34-2)32-35-18-20-22(27)24(29)26(31)25(30)23(20)28/h7,9,12,15H,3-6,8,10-11,13-14,16-18H2,1-2H3/b9-7+,15-12+,32-19+. The maximum Gasteiger partial charge on any atom is 0.305 e. The highest BCUT2D eigenvalue weighted by Crippen LogP contribution is 2.23. The van der Waals surface area contributed by atoms with Crippen LogP contribution in [0.2, 0.25) is 0 Å². The minimum Gasteiger partial charge on any atom is -0.469 e. The van der Waals surface area contributed by atoms with Gasteiger partial charge in [-0.1, -0.05) is 62.4 Å². The zero-order valence-electron chi connectivity index (χ0n) is 20.4. The van der Waals surface area contributed by atoms with Gasteiger partial charge in [0.15, 0.2) is 23.3 Å². The van der Waals surface area contributed by atoms with Gasteiger partial charge in [-0.3, -0.25) is 4.79 Å². The molecule has 0 amide bonds. The first kappa shape index (κ1) is 30.3. The molecule has 1 aromatic rings. The quantitative estimate of drug-likeness (QED) is 0.0318. The number of carbonyl (C=O) groups is 1. The first-order valence-corrected chi connectivity index (χ1v) is 11.9. The van der Waals surface area contributed by atoms with E-state index >= 15 is 0 Å². The fourth-order valence-corrected chi connectivity index (χ4v) is 3.18. The molecule has 1 rings (SSSR count). The van der Waals surface area contributed by atoms with Crippen molar-refractivity contribution in [3.05, 3.63) is 59.0 Å². The molecule has 0 N–H and O–H groups in total. The zero-order valence-corrected chi connectivity index (χ0v) is 20.4. The summed E-state index contributed by atoms with van der Waals surface area (Å²) in [6.45, 7) is 1.22. The van der Waals surface area contributed by atoms with Crippen molar-refractivity contribution in [3.63, 3.8) is 0 Å². The van der Waals surface area contributed by atoms with Gasteiger partial charge >= 0.3 is 5.97 Å². The van der Waals surface area contributed by atoms with Gasteiger partial charge in [0, 0.05) is 6.42 Å². The van der Waals surface area contributed by atoms with Crippen molar-refractivity contribution in [1.82, 2.24) is 0 Å². The lowest BCUT2D eigenvalue weighted by Gasteiger charge is -2.08. The minimum absolute atomic E-state index is 0.238. The van der Waals surface area contributed by atoms with E-state index in [1.165, 1.54) is 7.11 Å². The van der Waals surface area contributed by atoms with Crippen molar-refractivity contribution in [1.29, 1.82) is 0 Å². The second kappa shape index (κ2) is 17.7. The highest BCUT2D eigenvalue weighted by Gasteiger charge is 2.25. The Morgan fingerprint density at radius 1 is 0.800 bits per heavy atom. The molecule has 9 heteroatoms. The number of oxime groups is 1. The predicted octanol–water partition coefficient (Wildman–Crippen LogP) is 7.85. The number of rotatable bonds is 17. The van der Waals surface area contributed by atoms with Crippen LogP contribution in [0.15, 0.2) is 29.5 Å². The number of ether oxygens (including phenoxy) is 1. The number of unbranched alkanes of at least 4 members (excludes halogenated alkanes) is 7. The highest BCUT2D eigenvalue weighted by molar-refractivity contribution is 5.94. The van der Waals surface area contributed by atoms with Crippen LogP contribution < -0.4 is 0 Å². The molecule has 0 saturated heterocycles.